The molecule has 0 unspecified atom stereocenters. The van der Waals surface area contributed by atoms with E-state index >= 15 is 0 Å². The number of amides is 1. The fourth-order valence-electron chi connectivity index (χ4n) is 2.94. The third-order valence-electron chi connectivity index (χ3n) is 4.35. The van der Waals surface area contributed by atoms with E-state index in [1.54, 1.807) is 11.3 Å². The first kappa shape index (κ1) is 16.9. The van der Waals surface area contributed by atoms with E-state index in [-0.39, 0.29) is 5.91 Å². The number of carbonyl (C=O) groups excluding carboxylic acids is 1. The van der Waals surface area contributed by atoms with Gasteiger partial charge in [-0.05, 0) is 19.1 Å². The maximum Gasteiger partial charge on any atom is 0.242 e. The first-order valence-corrected chi connectivity index (χ1v) is 9.17. The molecule has 0 saturated carbocycles. The minimum absolute atomic E-state index is 0.200. The van der Waals surface area contributed by atoms with Gasteiger partial charge in [0.1, 0.15) is 0 Å². The van der Waals surface area contributed by atoms with Crippen LogP contribution in [0.4, 0.5) is 5.69 Å². The third kappa shape index (κ3) is 4.33. The van der Waals surface area contributed by atoms with E-state index in [1.807, 2.05) is 54.1 Å². The Morgan fingerprint density at radius 2 is 1.92 bits per heavy atom. The Morgan fingerprint density at radius 1 is 1.21 bits per heavy atom. The highest BCUT2D eigenvalue weighted by Gasteiger charge is 2.22. The van der Waals surface area contributed by atoms with Gasteiger partial charge in [0.15, 0.2) is 0 Å². The number of aryl methyl sites for hydroxylation is 1. The van der Waals surface area contributed by atoms with E-state index in [0.717, 1.165) is 49.1 Å². The lowest BCUT2D eigenvalue weighted by atomic mass is 10.2. The molecule has 0 spiro atoms. The summed E-state index contributed by atoms with van der Waals surface area (Å²) in [5.74, 6) is 0.200. The van der Waals surface area contributed by atoms with Crippen molar-refractivity contribution in [2.45, 2.75) is 13.5 Å². The van der Waals surface area contributed by atoms with Gasteiger partial charge in [0.05, 0.1) is 17.2 Å². The lowest BCUT2D eigenvalue weighted by Crippen LogP contribution is -2.50. The van der Waals surface area contributed by atoms with Gasteiger partial charge in [-0.2, -0.15) is 0 Å². The fourth-order valence-corrected chi connectivity index (χ4v) is 3.55. The Kier molecular flexibility index (Phi) is 5.48. The molecule has 24 heavy (non-hydrogen) atoms. The van der Waals surface area contributed by atoms with Crippen LogP contribution in [0.2, 0.25) is 0 Å². The van der Waals surface area contributed by atoms with Crippen LogP contribution in [0.15, 0.2) is 35.7 Å². The Morgan fingerprint density at radius 3 is 2.54 bits per heavy atom. The number of likely N-dealkylation sites (N-methyl/N-ethyl adjacent to an activating group) is 1. The zero-order valence-electron chi connectivity index (χ0n) is 14.3. The van der Waals surface area contributed by atoms with Gasteiger partial charge in [-0.1, -0.05) is 18.2 Å². The molecule has 5 nitrogen and oxygen atoms in total. The summed E-state index contributed by atoms with van der Waals surface area (Å²) in [5, 5.41) is 3.24. The van der Waals surface area contributed by atoms with Crippen molar-refractivity contribution in [2.24, 2.45) is 0 Å². The maximum atomic E-state index is 12.5. The summed E-state index contributed by atoms with van der Waals surface area (Å²) < 4.78 is 0. The van der Waals surface area contributed by atoms with Gasteiger partial charge in [0.25, 0.3) is 0 Å². The number of hydrogen-bond donors (Lipinski definition) is 0. The zero-order chi connectivity index (χ0) is 16.9. The molecule has 1 aromatic heterocycles. The molecule has 2 aromatic rings. The van der Waals surface area contributed by atoms with Crippen LogP contribution in [0.25, 0.3) is 0 Å². The first-order chi connectivity index (χ1) is 11.6. The van der Waals surface area contributed by atoms with Gasteiger partial charge < -0.3 is 9.80 Å². The van der Waals surface area contributed by atoms with E-state index in [0.29, 0.717) is 6.54 Å². The van der Waals surface area contributed by atoms with Crippen LogP contribution in [0.3, 0.4) is 0 Å². The van der Waals surface area contributed by atoms with Crippen LogP contribution in [0.1, 0.15) is 10.7 Å². The SMILES string of the molecule is Cc1nc(CN2CCN(C(=O)CN(C)c3ccccc3)CC2)cs1. The number of nitrogens with zero attached hydrogens (tertiary/aromatic N) is 4. The molecule has 0 radical (unpaired) electrons. The molecule has 1 amide bonds. The normalized spacial score (nSPS) is 15.5. The molecular weight excluding hydrogens is 320 g/mol. The quantitative estimate of drug-likeness (QED) is 0.834. The summed E-state index contributed by atoms with van der Waals surface area (Å²) in [6, 6.07) is 10.0. The molecule has 1 fully saturated rings. The Labute approximate surface area is 147 Å². The van der Waals surface area contributed by atoms with Crippen LogP contribution in [-0.2, 0) is 11.3 Å². The monoisotopic (exact) mass is 344 g/mol. The van der Waals surface area contributed by atoms with Gasteiger partial charge in [-0.15, -0.1) is 11.3 Å². The van der Waals surface area contributed by atoms with Crippen molar-refractivity contribution in [3.63, 3.8) is 0 Å². The molecule has 0 bridgehead atoms. The van der Waals surface area contributed by atoms with Crippen LogP contribution in [0, 0.1) is 6.92 Å². The van der Waals surface area contributed by atoms with Gasteiger partial charge >= 0.3 is 0 Å². The topological polar surface area (TPSA) is 39.7 Å². The molecule has 1 aliphatic heterocycles. The average molecular weight is 344 g/mol. The van der Waals surface area contributed by atoms with Crippen molar-refractivity contribution >= 4 is 22.9 Å². The number of piperazine rings is 1. The number of para-hydroxylation sites is 1. The Hall–Kier alpha value is -1.92. The number of carbonyl (C=O) groups is 1. The highest BCUT2D eigenvalue weighted by atomic mass is 32.1. The summed E-state index contributed by atoms with van der Waals surface area (Å²) in [7, 11) is 1.97. The summed E-state index contributed by atoms with van der Waals surface area (Å²) in [6.45, 7) is 6.77. The summed E-state index contributed by atoms with van der Waals surface area (Å²) in [6.07, 6.45) is 0. The van der Waals surface area contributed by atoms with Crippen molar-refractivity contribution < 1.29 is 4.79 Å². The van der Waals surface area contributed by atoms with Crippen LogP contribution in [0.5, 0.6) is 0 Å². The number of anilines is 1. The predicted molar refractivity (Wildman–Crippen MR) is 98.4 cm³/mol. The molecule has 3 rings (SSSR count). The van der Waals surface area contributed by atoms with Crippen LogP contribution in [-0.4, -0.2) is 60.5 Å². The highest BCUT2D eigenvalue weighted by molar-refractivity contribution is 7.09. The molecule has 0 aliphatic carbocycles. The van der Waals surface area contributed by atoms with Crippen molar-refractivity contribution in [2.75, 3.05) is 44.7 Å². The molecule has 0 N–H and O–H groups in total. The van der Waals surface area contributed by atoms with Crippen molar-refractivity contribution in [3.05, 3.63) is 46.4 Å². The minimum atomic E-state index is 0.200. The fraction of sp³-hybridized carbons (Fsp3) is 0.444. The lowest BCUT2D eigenvalue weighted by molar-refractivity contribution is -0.131. The first-order valence-electron chi connectivity index (χ1n) is 8.29. The standard InChI is InChI=1S/C18H24N4OS/c1-15-19-16(14-24-15)12-21-8-10-22(11-9-21)18(23)13-20(2)17-6-4-3-5-7-17/h3-7,14H,8-13H2,1-2H3. The molecule has 1 saturated heterocycles. The van der Waals surface area contributed by atoms with E-state index in [1.165, 1.54) is 0 Å². The lowest BCUT2D eigenvalue weighted by Gasteiger charge is -2.35. The Balaban J connectivity index is 1.46. The maximum absolute atomic E-state index is 12.5. The molecule has 1 aromatic carbocycles. The van der Waals surface area contributed by atoms with Gasteiger partial charge in [0, 0.05) is 50.8 Å². The van der Waals surface area contributed by atoms with Crippen molar-refractivity contribution in [1.82, 2.24) is 14.8 Å². The number of hydrogen-bond acceptors (Lipinski definition) is 5. The Bertz CT molecular complexity index is 665. The third-order valence-corrected chi connectivity index (χ3v) is 5.17. The van der Waals surface area contributed by atoms with E-state index in [4.69, 9.17) is 0 Å². The summed E-state index contributed by atoms with van der Waals surface area (Å²) in [5.41, 5.74) is 2.21. The highest BCUT2D eigenvalue weighted by Crippen LogP contribution is 2.14. The minimum Gasteiger partial charge on any atom is -0.365 e. The predicted octanol–water partition coefficient (Wildman–Crippen LogP) is 2.23. The van der Waals surface area contributed by atoms with Gasteiger partial charge in [-0.3, -0.25) is 9.69 Å². The van der Waals surface area contributed by atoms with Crippen molar-refractivity contribution in [1.29, 1.82) is 0 Å². The number of rotatable bonds is 5. The molecule has 2 heterocycles. The van der Waals surface area contributed by atoms with Crippen molar-refractivity contribution in [3.8, 4) is 0 Å². The molecular formula is C18H24N4OS. The second-order valence-electron chi connectivity index (χ2n) is 6.21. The number of benzene rings is 1. The zero-order valence-corrected chi connectivity index (χ0v) is 15.1. The second-order valence-corrected chi connectivity index (χ2v) is 7.27. The smallest absolute Gasteiger partial charge is 0.242 e. The van der Waals surface area contributed by atoms with E-state index in [2.05, 4.69) is 15.3 Å². The van der Waals surface area contributed by atoms with Gasteiger partial charge in [0.2, 0.25) is 5.91 Å². The van der Waals surface area contributed by atoms with E-state index < -0.39 is 0 Å². The molecule has 6 heteroatoms. The molecule has 1 aliphatic rings. The summed E-state index contributed by atoms with van der Waals surface area (Å²) in [4.78, 5) is 23.4. The van der Waals surface area contributed by atoms with E-state index in [9.17, 15) is 4.79 Å². The largest absolute Gasteiger partial charge is 0.365 e. The molecule has 0 atom stereocenters. The number of thiazole rings is 1. The second kappa shape index (κ2) is 7.77. The van der Waals surface area contributed by atoms with Crippen LogP contribution >= 0.6 is 11.3 Å². The summed E-state index contributed by atoms with van der Waals surface area (Å²) >= 11 is 1.70. The average Bonchev–Trinajstić information content (AvgIpc) is 3.01. The van der Waals surface area contributed by atoms with Crippen LogP contribution < -0.4 is 4.90 Å². The number of aromatic nitrogens is 1. The molecule has 128 valence electrons. The van der Waals surface area contributed by atoms with Gasteiger partial charge in [-0.25, -0.2) is 4.98 Å².